The van der Waals surface area contributed by atoms with Crippen LogP contribution in [0, 0.1) is 0 Å². The van der Waals surface area contributed by atoms with Crippen molar-refractivity contribution in [2.24, 2.45) is 0 Å². The first-order valence-corrected chi connectivity index (χ1v) is 4.15. The summed E-state index contributed by atoms with van der Waals surface area (Å²) < 4.78 is 5.82. The fraction of sp³-hybridized carbons (Fsp3) is 0. The van der Waals surface area contributed by atoms with E-state index in [4.69, 9.17) is 16.1 Å². The molecule has 11 heavy (non-hydrogen) atoms. The summed E-state index contributed by atoms with van der Waals surface area (Å²) in [5.74, 6) is 0. The van der Waals surface area contributed by atoms with Crippen molar-refractivity contribution in [1.82, 2.24) is 5.16 Å². The molecule has 56 valence electrons. The Labute approximate surface area is 76.2 Å². The zero-order chi connectivity index (χ0) is 7.84. The molecule has 0 amide bonds. The highest BCUT2D eigenvalue weighted by Crippen LogP contribution is 2.29. The van der Waals surface area contributed by atoms with E-state index in [1.165, 1.54) is 0 Å². The van der Waals surface area contributed by atoms with Crippen molar-refractivity contribution in [1.29, 1.82) is 0 Å². The lowest BCUT2D eigenvalue weighted by Crippen LogP contribution is -1.66. The Morgan fingerprint density at radius 2 is 2.27 bits per heavy atom. The van der Waals surface area contributed by atoms with E-state index in [-0.39, 0.29) is 0 Å². The van der Waals surface area contributed by atoms with Gasteiger partial charge in [0.1, 0.15) is 0 Å². The van der Waals surface area contributed by atoms with Gasteiger partial charge in [-0.05, 0) is 28.1 Å². The van der Waals surface area contributed by atoms with Crippen molar-refractivity contribution in [2.75, 3.05) is 0 Å². The highest BCUT2D eigenvalue weighted by atomic mass is 79.9. The third kappa shape index (κ3) is 1.04. The van der Waals surface area contributed by atoms with Crippen molar-refractivity contribution in [3.05, 3.63) is 27.8 Å². The van der Waals surface area contributed by atoms with Crippen LogP contribution in [0.15, 0.2) is 27.2 Å². The zero-order valence-corrected chi connectivity index (χ0v) is 7.69. The number of halogens is 2. The van der Waals surface area contributed by atoms with Gasteiger partial charge in [0, 0.05) is 4.47 Å². The molecule has 0 spiro atoms. The van der Waals surface area contributed by atoms with Gasteiger partial charge in [-0.3, -0.25) is 0 Å². The average Bonchev–Trinajstić information content (AvgIpc) is 2.34. The predicted octanol–water partition coefficient (Wildman–Crippen LogP) is 3.24. The van der Waals surface area contributed by atoms with Crippen LogP contribution in [-0.2, 0) is 0 Å². The molecule has 0 N–H and O–H groups in total. The molecule has 0 atom stereocenters. The molecule has 0 fully saturated rings. The zero-order valence-electron chi connectivity index (χ0n) is 5.34. The Hall–Kier alpha value is -0.540. The first-order valence-electron chi connectivity index (χ1n) is 2.98. The molecule has 2 nitrogen and oxygen atoms in total. The summed E-state index contributed by atoms with van der Waals surface area (Å²) in [4.78, 5) is 0. The molecule has 2 aromatic rings. The van der Waals surface area contributed by atoms with Crippen LogP contribution in [0.3, 0.4) is 0 Å². The van der Waals surface area contributed by atoms with E-state index in [1.807, 2.05) is 18.2 Å². The summed E-state index contributed by atoms with van der Waals surface area (Å²) in [5.41, 5.74) is 0.698. The van der Waals surface area contributed by atoms with Crippen LogP contribution < -0.4 is 0 Å². The van der Waals surface area contributed by atoms with Crippen LogP contribution in [-0.4, -0.2) is 5.16 Å². The molecular formula is C7H3BrClNO. The lowest BCUT2D eigenvalue weighted by Gasteiger charge is -1.88. The number of nitrogens with zero attached hydrogens (tertiary/aromatic N) is 1. The van der Waals surface area contributed by atoms with E-state index in [1.54, 1.807) is 0 Å². The third-order valence-electron chi connectivity index (χ3n) is 1.41. The topological polar surface area (TPSA) is 26.0 Å². The largest absolute Gasteiger partial charge is 0.355 e. The van der Waals surface area contributed by atoms with Gasteiger partial charge in [-0.2, -0.15) is 0 Å². The second-order valence-electron chi connectivity index (χ2n) is 2.09. The first kappa shape index (κ1) is 7.13. The predicted molar refractivity (Wildman–Crippen MR) is 46.7 cm³/mol. The monoisotopic (exact) mass is 231 g/mol. The van der Waals surface area contributed by atoms with E-state index in [9.17, 15) is 0 Å². The molecule has 0 aliphatic heterocycles. The molecule has 0 unspecified atom stereocenters. The number of fused-ring (bicyclic) bond motifs is 1. The van der Waals surface area contributed by atoms with E-state index < -0.39 is 0 Å². The smallest absolute Gasteiger partial charge is 0.181 e. The summed E-state index contributed by atoms with van der Waals surface area (Å²) in [6, 6.07) is 5.58. The Kier molecular flexibility index (Phi) is 1.62. The van der Waals surface area contributed by atoms with Crippen LogP contribution in [0.1, 0.15) is 0 Å². The number of hydrogen-bond donors (Lipinski definition) is 0. The maximum atomic E-state index is 5.74. The highest BCUT2D eigenvalue weighted by Gasteiger charge is 2.07. The summed E-state index contributed by atoms with van der Waals surface area (Å²) in [6.07, 6.45) is 0. The minimum Gasteiger partial charge on any atom is -0.355 e. The second kappa shape index (κ2) is 2.50. The Morgan fingerprint density at radius 3 is 3.00 bits per heavy atom. The molecule has 1 heterocycles. The van der Waals surface area contributed by atoms with Crippen LogP contribution in [0.25, 0.3) is 11.0 Å². The molecule has 0 saturated carbocycles. The van der Waals surface area contributed by atoms with Crippen LogP contribution in [0.2, 0.25) is 5.15 Å². The molecule has 0 aliphatic carbocycles. The highest BCUT2D eigenvalue weighted by molar-refractivity contribution is 9.10. The summed E-state index contributed by atoms with van der Waals surface area (Å²) >= 11 is 9.09. The molecule has 1 aromatic heterocycles. The molecule has 0 radical (unpaired) electrons. The Balaban J connectivity index is 2.96. The van der Waals surface area contributed by atoms with Gasteiger partial charge >= 0.3 is 0 Å². The van der Waals surface area contributed by atoms with Gasteiger partial charge in [-0.15, -0.1) is 0 Å². The lowest BCUT2D eigenvalue weighted by molar-refractivity contribution is 0.457. The second-order valence-corrected chi connectivity index (χ2v) is 3.30. The molecule has 0 aliphatic rings. The van der Waals surface area contributed by atoms with Gasteiger partial charge in [0.2, 0.25) is 0 Å². The minimum atomic E-state index is 0.396. The molecule has 1 aromatic carbocycles. The maximum absolute atomic E-state index is 5.74. The minimum absolute atomic E-state index is 0.396. The molecule has 4 heteroatoms. The fourth-order valence-corrected chi connectivity index (χ4v) is 1.79. The first-order chi connectivity index (χ1) is 5.29. The summed E-state index contributed by atoms with van der Waals surface area (Å²) in [5, 5.41) is 4.84. The van der Waals surface area contributed by atoms with Gasteiger partial charge in [-0.25, -0.2) is 0 Å². The van der Waals surface area contributed by atoms with Crippen molar-refractivity contribution >= 4 is 38.5 Å². The fourth-order valence-electron chi connectivity index (χ4n) is 0.916. The van der Waals surface area contributed by atoms with Crippen molar-refractivity contribution in [2.45, 2.75) is 0 Å². The SMILES string of the molecule is Clc1noc2cccc(Br)c12. The normalized spacial score (nSPS) is 10.7. The number of aromatic nitrogens is 1. The van der Waals surface area contributed by atoms with Crippen LogP contribution >= 0.6 is 27.5 Å². The Bertz CT molecular complexity index is 398. The van der Waals surface area contributed by atoms with Gasteiger partial charge in [0.05, 0.1) is 5.39 Å². The third-order valence-corrected chi connectivity index (χ3v) is 2.32. The lowest BCUT2D eigenvalue weighted by atomic mass is 10.3. The number of rotatable bonds is 0. The van der Waals surface area contributed by atoms with Gasteiger partial charge in [-0.1, -0.05) is 22.8 Å². The molecule has 2 rings (SSSR count). The van der Waals surface area contributed by atoms with Crippen molar-refractivity contribution in [3.8, 4) is 0 Å². The van der Waals surface area contributed by atoms with E-state index in [2.05, 4.69) is 21.1 Å². The average molecular weight is 232 g/mol. The summed E-state index contributed by atoms with van der Waals surface area (Å²) in [6.45, 7) is 0. The van der Waals surface area contributed by atoms with E-state index in [0.29, 0.717) is 10.7 Å². The van der Waals surface area contributed by atoms with Crippen LogP contribution in [0.4, 0.5) is 0 Å². The number of hydrogen-bond acceptors (Lipinski definition) is 2. The van der Waals surface area contributed by atoms with Gasteiger partial charge in [0.25, 0.3) is 0 Å². The van der Waals surface area contributed by atoms with Crippen molar-refractivity contribution < 1.29 is 4.52 Å². The van der Waals surface area contributed by atoms with E-state index in [0.717, 1.165) is 9.86 Å². The molecular weight excluding hydrogens is 229 g/mol. The van der Waals surface area contributed by atoms with Crippen molar-refractivity contribution in [3.63, 3.8) is 0 Å². The van der Waals surface area contributed by atoms with E-state index >= 15 is 0 Å². The number of benzene rings is 1. The van der Waals surface area contributed by atoms with Gasteiger partial charge < -0.3 is 4.52 Å². The van der Waals surface area contributed by atoms with Gasteiger partial charge in [0.15, 0.2) is 10.7 Å². The quantitative estimate of drug-likeness (QED) is 0.697. The van der Waals surface area contributed by atoms with Crippen LogP contribution in [0.5, 0.6) is 0 Å². The Morgan fingerprint density at radius 1 is 1.45 bits per heavy atom. The standard InChI is InChI=1S/C7H3BrClNO/c8-4-2-1-3-5-6(4)7(9)10-11-5/h1-3H. The molecule has 0 saturated heterocycles. The summed E-state index contributed by atoms with van der Waals surface area (Å²) in [7, 11) is 0. The maximum Gasteiger partial charge on any atom is 0.181 e. The molecule has 0 bridgehead atoms.